The van der Waals surface area contributed by atoms with Crippen molar-refractivity contribution >= 4 is 28.5 Å². The summed E-state index contributed by atoms with van der Waals surface area (Å²) < 4.78 is 21.7. The van der Waals surface area contributed by atoms with Crippen molar-refractivity contribution < 1.29 is 23.4 Å². The first-order valence-corrected chi connectivity index (χ1v) is 8.40. The number of fused-ring (bicyclic) bond motifs is 2. The average Bonchev–Trinajstić information content (AvgIpc) is 3.10. The number of carbonyl (C=O) groups excluding carboxylic acids is 1. The van der Waals surface area contributed by atoms with Gasteiger partial charge in [-0.15, -0.1) is 0 Å². The lowest BCUT2D eigenvalue weighted by Gasteiger charge is -2.21. The number of para-hydroxylation sites is 1. The molecule has 26 heavy (non-hydrogen) atoms. The van der Waals surface area contributed by atoms with Crippen LogP contribution in [0.25, 0.3) is 11.0 Å². The van der Waals surface area contributed by atoms with Gasteiger partial charge in [-0.3, -0.25) is 4.79 Å². The Morgan fingerprint density at radius 2 is 2.19 bits per heavy atom. The van der Waals surface area contributed by atoms with Gasteiger partial charge in [0.1, 0.15) is 5.75 Å². The van der Waals surface area contributed by atoms with Gasteiger partial charge >= 0.3 is 0 Å². The van der Waals surface area contributed by atoms with Gasteiger partial charge in [-0.1, -0.05) is 23.7 Å². The van der Waals surface area contributed by atoms with Crippen molar-refractivity contribution in [2.45, 2.75) is 13.2 Å². The standard InChI is InChI=1S/C19H16ClNO5/c1-23-15-4-2-3-11-7-16(26-18(11)15)19(22)21-8-12-5-14(20)6-13-9-24-10-25-17(12)13/h2-7H,8-10H2,1H3,(H,21,22). The first-order valence-electron chi connectivity index (χ1n) is 8.02. The molecular formula is C19H16ClNO5. The molecular weight excluding hydrogens is 358 g/mol. The summed E-state index contributed by atoms with van der Waals surface area (Å²) in [5.41, 5.74) is 2.19. The summed E-state index contributed by atoms with van der Waals surface area (Å²) in [5, 5.41) is 4.20. The first-order chi connectivity index (χ1) is 12.7. The van der Waals surface area contributed by atoms with E-state index in [1.807, 2.05) is 12.1 Å². The van der Waals surface area contributed by atoms with Crippen LogP contribution in [-0.2, 0) is 17.9 Å². The highest BCUT2D eigenvalue weighted by molar-refractivity contribution is 6.30. The van der Waals surface area contributed by atoms with Crippen molar-refractivity contribution in [2.24, 2.45) is 0 Å². The third kappa shape index (κ3) is 3.09. The minimum atomic E-state index is -0.330. The minimum absolute atomic E-state index is 0.180. The zero-order valence-electron chi connectivity index (χ0n) is 14.0. The van der Waals surface area contributed by atoms with Crippen molar-refractivity contribution in [3.8, 4) is 11.5 Å². The molecule has 1 aromatic heterocycles. The molecule has 134 valence electrons. The molecule has 0 aliphatic carbocycles. The van der Waals surface area contributed by atoms with Gasteiger partial charge in [0.15, 0.2) is 23.9 Å². The summed E-state index contributed by atoms with van der Waals surface area (Å²) in [6.07, 6.45) is 0. The summed E-state index contributed by atoms with van der Waals surface area (Å²) in [4.78, 5) is 12.5. The number of halogens is 1. The number of methoxy groups -OCH3 is 1. The lowest BCUT2D eigenvalue weighted by molar-refractivity contribution is -0.0170. The number of ether oxygens (including phenoxy) is 3. The Morgan fingerprint density at radius 3 is 3.04 bits per heavy atom. The van der Waals surface area contributed by atoms with E-state index in [1.54, 1.807) is 31.4 Å². The van der Waals surface area contributed by atoms with Crippen LogP contribution in [0.15, 0.2) is 40.8 Å². The zero-order valence-corrected chi connectivity index (χ0v) is 14.8. The molecule has 0 fully saturated rings. The Hall–Kier alpha value is -2.70. The highest BCUT2D eigenvalue weighted by atomic mass is 35.5. The van der Waals surface area contributed by atoms with Gasteiger partial charge in [-0.05, 0) is 24.3 Å². The Balaban J connectivity index is 1.55. The fourth-order valence-electron chi connectivity index (χ4n) is 2.96. The fourth-order valence-corrected chi connectivity index (χ4v) is 3.22. The van der Waals surface area contributed by atoms with Crippen molar-refractivity contribution in [2.75, 3.05) is 13.9 Å². The van der Waals surface area contributed by atoms with Crippen molar-refractivity contribution in [3.63, 3.8) is 0 Å². The first kappa shape index (κ1) is 16.8. The maximum atomic E-state index is 12.5. The van der Waals surface area contributed by atoms with Crippen LogP contribution in [0.1, 0.15) is 21.7 Å². The topological polar surface area (TPSA) is 69.9 Å². The predicted octanol–water partition coefficient (Wildman–Crippen LogP) is 3.89. The average molecular weight is 374 g/mol. The number of hydrogen-bond donors (Lipinski definition) is 1. The second kappa shape index (κ2) is 6.90. The number of amides is 1. The third-order valence-electron chi connectivity index (χ3n) is 4.14. The zero-order chi connectivity index (χ0) is 18.1. The molecule has 2 aromatic carbocycles. The van der Waals surface area contributed by atoms with Crippen LogP contribution in [0.3, 0.4) is 0 Å². The van der Waals surface area contributed by atoms with E-state index in [9.17, 15) is 4.79 Å². The van der Waals surface area contributed by atoms with Gasteiger partial charge in [0, 0.05) is 28.1 Å². The number of benzene rings is 2. The Bertz CT molecular complexity index is 981. The highest BCUT2D eigenvalue weighted by Gasteiger charge is 2.19. The maximum Gasteiger partial charge on any atom is 0.287 e. The Morgan fingerprint density at radius 1 is 1.31 bits per heavy atom. The third-order valence-corrected chi connectivity index (χ3v) is 4.36. The van der Waals surface area contributed by atoms with Gasteiger partial charge < -0.3 is 23.9 Å². The summed E-state index contributed by atoms with van der Waals surface area (Å²) >= 11 is 6.14. The van der Waals surface area contributed by atoms with E-state index in [-0.39, 0.29) is 25.0 Å². The maximum absolute atomic E-state index is 12.5. The molecule has 0 atom stereocenters. The van der Waals surface area contributed by atoms with E-state index in [0.717, 1.165) is 16.5 Å². The molecule has 0 unspecified atom stereocenters. The van der Waals surface area contributed by atoms with Gasteiger partial charge in [0.25, 0.3) is 5.91 Å². The monoisotopic (exact) mass is 373 g/mol. The van der Waals surface area contributed by atoms with Crippen LogP contribution >= 0.6 is 11.6 Å². The number of nitrogens with one attached hydrogen (secondary N) is 1. The van der Waals surface area contributed by atoms with Crippen LogP contribution in [0, 0.1) is 0 Å². The van der Waals surface area contributed by atoms with E-state index in [2.05, 4.69) is 5.32 Å². The lowest BCUT2D eigenvalue weighted by atomic mass is 10.1. The van der Waals surface area contributed by atoms with Gasteiger partial charge in [-0.2, -0.15) is 0 Å². The molecule has 1 aliphatic heterocycles. The fraction of sp³-hybridized carbons (Fsp3) is 0.211. The van der Waals surface area contributed by atoms with Gasteiger partial charge in [0.2, 0.25) is 0 Å². The molecule has 0 saturated carbocycles. The summed E-state index contributed by atoms with van der Waals surface area (Å²) in [6, 6.07) is 10.7. The second-order valence-corrected chi connectivity index (χ2v) is 6.27. The Kier molecular flexibility index (Phi) is 4.44. The smallest absolute Gasteiger partial charge is 0.287 e. The predicted molar refractivity (Wildman–Crippen MR) is 95.7 cm³/mol. The van der Waals surface area contributed by atoms with Crippen LogP contribution in [0.2, 0.25) is 5.02 Å². The largest absolute Gasteiger partial charge is 0.493 e. The second-order valence-electron chi connectivity index (χ2n) is 5.84. The van der Waals surface area contributed by atoms with E-state index >= 15 is 0 Å². The molecule has 0 spiro atoms. The SMILES string of the molecule is COc1cccc2cc(C(=O)NCc3cc(Cl)cc4c3OCOC4)oc12. The molecule has 1 N–H and O–H groups in total. The van der Waals surface area contributed by atoms with E-state index < -0.39 is 0 Å². The normalized spacial score (nSPS) is 13.2. The van der Waals surface area contributed by atoms with Crippen molar-refractivity contribution in [1.82, 2.24) is 5.32 Å². The van der Waals surface area contributed by atoms with Crippen LogP contribution < -0.4 is 14.8 Å². The summed E-state index contributed by atoms with van der Waals surface area (Å²) in [5.74, 6) is 1.17. The minimum Gasteiger partial charge on any atom is -0.493 e. The molecule has 6 nitrogen and oxygen atoms in total. The van der Waals surface area contributed by atoms with Gasteiger partial charge in [0.05, 0.1) is 13.7 Å². The number of carbonyl (C=O) groups is 1. The molecule has 3 aromatic rings. The molecule has 4 rings (SSSR count). The Labute approximate surface area is 154 Å². The molecule has 2 heterocycles. The van der Waals surface area contributed by atoms with E-state index in [0.29, 0.717) is 28.7 Å². The molecule has 0 bridgehead atoms. The highest BCUT2D eigenvalue weighted by Crippen LogP contribution is 2.32. The van der Waals surface area contributed by atoms with E-state index in [4.69, 9.17) is 30.2 Å². The molecule has 7 heteroatoms. The van der Waals surface area contributed by atoms with Crippen molar-refractivity contribution in [3.05, 3.63) is 58.3 Å². The number of furan rings is 1. The summed E-state index contributed by atoms with van der Waals surface area (Å²) in [7, 11) is 1.56. The van der Waals surface area contributed by atoms with Crippen molar-refractivity contribution in [1.29, 1.82) is 0 Å². The van der Waals surface area contributed by atoms with E-state index in [1.165, 1.54) is 0 Å². The molecule has 0 saturated heterocycles. The molecule has 1 amide bonds. The van der Waals surface area contributed by atoms with Crippen LogP contribution in [0.4, 0.5) is 0 Å². The summed E-state index contributed by atoms with van der Waals surface area (Å²) in [6.45, 7) is 0.870. The number of hydrogen-bond acceptors (Lipinski definition) is 5. The van der Waals surface area contributed by atoms with Crippen LogP contribution in [0.5, 0.6) is 11.5 Å². The number of rotatable bonds is 4. The molecule has 0 radical (unpaired) electrons. The quantitative estimate of drug-likeness (QED) is 0.751. The lowest BCUT2D eigenvalue weighted by Crippen LogP contribution is -2.23. The van der Waals surface area contributed by atoms with Crippen LogP contribution in [-0.4, -0.2) is 19.8 Å². The molecule has 1 aliphatic rings. The van der Waals surface area contributed by atoms with Gasteiger partial charge in [-0.25, -0.2) is 0 Å².